The smallest absolute Gasteiger partial charge is 0.220 e. The Balaban J connectivity index is 0.00000242. The summed E-state index contributed by atoms with van der Waals surface area (Å²) in [6, 6.07) is 7.77. The van der Waals surface area contributed by atoms with Gasteiger partial charge in [0.1, 0.15) is 5.75 Å². The number of methoxy groups -OCH3 is 1. The van der Waals surface area contributed by atoms with Crippen molar-refractivity contribution in [2.45, 2.75) is 25.4 Å². The summed E-state index contributed by atoms with van der Waals surface area (Å²) in [6.45, 7) is 3.90. The number of benzene rings is 1. The molecule has 22 heavy (non-hydrogen) atoms. The molecule has 1 aromatic carbocycles. The zero-order valence-electron chi connectivity index (χ0n) is 13.0. The number of amides is 1. The number of aliphatic hydroxyl groups excluding tert-OH is 1. The fourth-order valence-electron chi connectivity index (χ4n) is 2.71. The van der Waals surface area contributed by atoms with Crippen LogP contribution in [-0.2, 0) is 4.79 Å². The third-order valence-corrected chi connectivity index (χ3v) is 4.03. The van der Waals surface area contributed by atoms with Gasteiger partial charge in [0, 0.05) is 32.0 Å². The predicted octanol–water partition coefficient (Wildman–Crippen LogP) is 1.31. The highest BCUT2D eigenvalue weighted by Crippen LogP contribution is 2.28. The molecule has 6 heteroatoms. The van der Waals surface area contributed by atoms with Gasteiger partial charge in [0.05, 0.1) is 13.2 Å². The van der Waals surface area contributed by atoms with Gasteiger partial charge in [0.25, 0.3) is 0 Å². The van der Waals surface area contributed by atoms with Crippen molar-refractivity contribution in [3.8, 4) is 5.75 Å². The lowest BCUT2D eigenvalue weighted by Gasteiger charge is -2.17. The number of rotatable bonds is 6. The van der Waals surface area contributed by atoms with Crippen molar-refractivity contribution in [2.75, 3.05) is 26.7 Å². The molecule has 3 atom stereocenters. The van der Waals surface area contributed by atoms with E-state index in [1.54, 1.807) is 7.11 Å². The normalized spacial score (nSPS) is 21.8. The Hall–Kier alpha value is -1.30. The Labute approximate surface area is 137 Å². The molecule has 5 nitrogen and oxygen atoms in total. The quantitative estimate of drug-likeness (QED) is 0.736. The van der Waals surface area contributed by atoms with E-state index in [0.717, 1.165) is 17.9 Å². The molecule has 3 N–H and O–H groups in total. The summed E-state index contributed by atoms with van der Waals surface area (Å²) in [5.74, 6) is 1.02. The molecule has 0 saturated carbocycles. The zero-order valence-corrected chi connectivity index (χ0v) is 13.9. The van der Waals surface area contributed by atoms with Crippen molar-refractivity contribution in [1.82, 2.24) is 10.6 Å². The highest BCUT2D eigenvalue weighted by Gasteiger charge is 2.25. The first-order valence-electron chi connectivity index (χ1n) is 7.40. The molecule has 0 aromatic heterocycles. The average molecular weight is 329 g/mol. The lowest BCUT2D eigenvalue weighted by molar-refractivity contribution is -0.121. The first-order chi connectivity index (χ1) is 10.1. The van der Waals surface area contributed by atoms with Gasteiger partial charge in [-0.3, -0.25) is 4.79 Å². The standard InChI is InChI=1S/C16H24N2O3.ClH/c1-11(13-5-3-4-6-15(13)21-2)7-16(20)18-9-12-8-17-10-14(12)19;/h3-6,11-12,14,17,19H,7-10H2,1-2H3,(H,18,20);1H. The highest BCUT2D eigenvalue weighted by molar-refractivity contribution is 5.85. The first kappa shape index (κ1) is 18.7. The summed E-state index contributed by atoms with van der Waals surface area (Å²) < 4.78 is 5.33. The number of aliphatic hydroxyl groups is 1. The number of halogens is 1. The first-order valence-corrected chi connectivity index (χ1v) is 7.40. The monoisotopic (exact) mass is 328 g/mol. The Morgan fingerprint density at radius 1 is 1.45 bits per heavy atom. The van der Waals surface area contributed by atoms with E-state index in [2.05, 4.69) is 10.6 Å². The second kappa shape index (κ2) is 8.98. The summed E-state index contributed by atoms with van der Waals surface area (Å²) in [4.78, 5) is 12.0. The molecule has 0 aliphatic carbocycles. The molecule has 0 bridgehead atoms. The summed E-state index contributed by atoms with van der Waals surface area (Å²) in [5.41, 5.74) is 1.04. The van der Waals surface area contributed by atoms with Crippen LogP contribution in [0.15, 0.2) is 24.3 Å². The van der Waals surface area contributed by atoms with E-state index >= 15 is 0 Å². The van der Waals surface area contributed by atoms with Crippen LogP contribution >= 0.6 is 12.4 Å². The largest absolute Gasteiger partial charge is 0.496 e. The van der Waals surface area contributed by atoms with Gasteiger partial charge >= 0.3 is 0 Å². The van der Waals surface area contributed by atoms with Crippen molar-refractivity contribution in [3.63, 3.8) is 0 Å². The molecule has 1 saturated heterocycles. The van der Waals surface area contributed by atoms with E-state index in [-0.39, 0.29) is 36.3 Å². The van der Waals surface area contributed by atoms with Crippen LogP contribution in [-0.4, -0.2) is 43.9 Å². The Bertz CT molecular complexity index is 484. The molecule has 0 spiro atoms. The van der Waals surface area contributed by atoms with Gasteiger partial charge in [-0.15, -0.1) is 12.4 Å². The van der Waals surface area contributed by atoms with Gasteiger partial charge in [0.2, 0.25) is 5.91 Å². The molecule has 124 valence electrons. The number of para-hydroxylation sites is 1. The van der Waals surface area contributed by atoms with Crippen LogP contribution in [0, 0.1) is 5.92 Å². The molecule has 1 aromatic rings. The van der Waals surface area contributed by atoms with E-state index in [1.165, 1.54) is 0 Å². The molecule has 1 fully saturated rings. The summed E-state index contributed by atoms with van der Waals surface area (Å²) in [5, 5.41) is 15.7. The topological polar surface area (TPSA) is 70.6 Å². The predicted molar refractivity (Wildman–Crippen MR) is 88.7 cm³/mol. The molecule has 2 rings (SSSR count). The third-order valence-electron chi connectivity index (χ3n) is 4.03. The fraction of sp³-hybridized carbons (Fsp3) is 0.562. The maximum Gasteiger partial charge on any atom is 0.220 e. The van der Waals surface area contributed by atoms with Gasteiger partial charge in [-0.2, -0.15) is 0 Å². The van der Waals surface area contributed by atoms with Gasteiger partial charge in [-0.05, 0) is 17.5 Å². The second-order valence-electron chi connectivity index (χ2n) is 5.64. The molecule has 3 unspecified atom stereocenters. The maximum absolute atomic E-state index is 12.0. The van der Waals surface area contributed by atoms with Crippen molar-refractivity contribution < 1.29 is 14.6 Å². The van der Waals surface area contributed by atoms with Gasteiger partial charge in [-0.25, -0.2) is 0 Å². The molecule has 0 radical (unpaired) electrons. The van der Waals surface area contributed by atoms with Crippen LogP contribution in [0.5, 0.6) is 5.75 Å². The molecular formula is C16H25ClN2O3. The second-order valence-corrected chi connectivity index (χ2v) is 5.64. The third kappa shape index (κ3) is 4.87. The van der Waals surface area contributed by atoms with Gasteiger partial charge in [0.15, 0.2) is 0 Å². The summed E-state index contributed by atoms with van der Waals surface area (Å²) in [7, 11) is 1.64. The lowest BCUT2D eigenvalue weighted by Crippen LogP contribution is -2.34. The Kier molecular flexibility index (Phi) is 7.65. The molecule has 1 aliphatic heterocycles. The van der Waals surface area contributed by atoms with Crippen LogP contribution in [0.2, 0.25) is 0 Å². The van der Waals surface area contributed by atoms with Crippen LogP contribution in [0.1, 0.15) is 24.8 Å². The maximum atomic E-state index is 12.0. The minimum atomic E-state index is -0.364. The fourth-order valence-corrected chi connectivity index (χ4v) is 2.71. The van der Waals surface area contributed by atoms with Gasteiger partial charge in [-0.1, -0.05) is 25.1 Å². The Morgan fingerprint density at radius 2 is 2.18 bits per heavy atom. The number of hydrogen-bond donors (Lipinski definition) is 3. The minimum absolute atomic E-state index is 0. The number of ether oxygens (including phenoxy) is 1. The lowest BCUT2D eigenvalue weighted by atomic mass is 9.96. The molecule has 1 heterocycles. The van der Waals surface area contributed by atoms with E-state index in [1.807, 2.05) is 31.2 Å². The van der Waals surface area contributed by atoms with Crippen molar-refractivity contribution in [3.05, 3.63) is 29.8 Å². The highest BCUT2D eigenvalue weighted by atomic mass is 35.5. The minimum Gasteiger partial charge on any atom is -0.496 e. The van der Waals surface area contributed by atoms with Crippen molar-refractivity contribution >= 4 is 18.3 Å². The SMILES string of the molecule is COc1ccccc1C(C)CC(=O)NCC1CNCC1O.Cl. The number of hydrogen-bond acceptors (Lipinski definition) is 4. The van der Waals surface area contributed by atoms with Crippen LogP contribution in [0.4, 0.5) is 0 Å². The number of nitrogens with one attached hydrogen (secondary N) is 2. The van der Waals surface area contributed by atoms with E-state index in [0.29, 0.717) is 19.5 Å². The van der Waals surface area contributed by atoms with E-state index in [9.17, 15) is 9.90 Å². The number of carbonyl (C=O) groups excluding carboxylic acids is 1. The summed E-state index contributed by atoms with van der Waals surface area (Å²) >= 11 is 0. The molecule has 1 aliphatic rings. The molecular weight excluding hydrogens is 304 g/mol. The number of β-amino-alcohol motifs (C(OH)–C–C–N with tert-alkyl or cyclic N) is 1. The van der Waals surface area contributed by atoms with Gasteiger partial charge < -0.3 is 20.5 Å². The number of carbonyl (C=O) groups is 1. The van der Waals surface area contributed by atoms with Crippen LogP contribution in [0.25, 0.3) is 0 Å². The van der Waals surface area contributed by atoms with Crippen LogP contribution in [0.3, 0.4) is 0 Å². The van der Waals surface area contributed by atoms with Crippen LogP contribution < -0.4 is 15.4 Å². The Morgan fingerprint density at radius 3 is 2.82 bits per heavy atom. The van der Waals surface area contributed by atoms with E-state index < -0.39 is 0 Å². The van der Waals surface area contributed by atoms with Crippen molar-refractivity contribution in [2.24, 2.45) is 5.92 Å². The van der Waals surface area contributed by atoms with E-state index in [4.69, 9.17) is 4.74 Å². The van der Waals surface area contributed by atoms with Crippen molar-refractivity contribution in [1.29, 1.82) is 0 Å². The summed E-state index contributed by atoms with van der Waals surface area (Å²) in [6.07, 6.45) is 0.0494. The molecule has 1 amide bonds. The zero-order chi connectivity index (χ0) is 15.2. The average Bonchev–Trinajstić information content (AvgIpc) is 2.90.